The zero-order valence-corrected chi connectivity index (χ0v) is 10.9. The minimum atomic E-state index is -4.56. The zero-order chi connectivity index (χ0) is 14.7. The fourth-order valence-corrected chi connectivity index (χ4v) is 1.77. The summed E-state index contributed by atoms with van der Waals surface area (Å²) in [6.45, 7) is 1.27. The smallest absolute Gasteiger partial charge is 0.385 e. The van der Waals surface area contributed by atoms with Crippen LogP contribution in [0.3, 0.4) is 0 Å². The number of hydrogen-bond donors (Lipinski definition) is 1. The Hall–Kier alpha value is -1.18. The van der Waals surface area contributed by atoms with Crippen LogP contribution in [0.25, 0.3) is 0 Å². The Bertz CT molecular complexity index is 417. The Balaban J connectivity index is 3.14. The third kappa shape index (κ3) is 3.89. The lowest BCUT2D eigenvalue weighted by Gasteiger charge is -2.29. The summed E-state index contributed by atoms with van der Waals surface area (Å²) in [7, 11) is 2.69. The second kappa shape index (κ2) is 5.85. The molecule has 0 fully saturated rings. The molecule has 0 aliphatic rings. The average molecular weight is 279 g/mol. The number of rotatable bonds is 5. The van der Waals surface area contributed by atoms with Gasteiger partial charge in [-0.3, -0.25) is 4.98 Å². The Kier molecular flexibility index (Phi) is 4.89. The van der Waals surface area contributed by atoms with E-state index in [1.54, 1.807) is 0 Å². The van der Waals surface area contributed by atoms with E-state index < -0.39 is 23.6 Å². The van der Waals surface area contributed by atoms with Gasteiger partial charge in [0.2, 0.25) is 0 Å². The van der Waals surface area contributed by atoms with Gasteiger partial charge < -0.3 is 14.6 Å². The first-order valence-corrected chi connectivity index (χ1v) is 5.52. The van der Waals surface area contributed by atoms with Crippen molar-refractivity contribution in [3.05, 3.63) is 29.6 Å². The molecule has 0 aliphatic heterocycles. The Morgan fingerprint density at radius 1 is 1.26 bits per heavy atom. The Morgan fingerprint density at radius 2 is 1.84 bits per heavy atom. The van der Waals surface area contributed by atoms with E-state index >= 15 is 0 Å². The minimum absolute atomic E-state index is 0.144. The van der Waals surface area contributed by atoms with Gasteiger partial charge in [0, 0.05) is 38.6 Å². The Labute approximate surface area is 109 Å². The first kappa shape index (κ1) is 15.9. The largest absolute Gasteiger partial charge is 0.416 e. The van der Waals surface area contributed by atoms with Gasteiger partial charge in [-0.1, -0.05) is 0 Å². The van der Waals surface area contributed by atoms with E-state index in [4.69, 9.17) is 9.47 Å². The number of hydrogen-bond acceptors (Lipinski definition) is 4. The van der Waals surface area contributed by atoms with Crippen molar-refractivity contribution < 1.29 is 27.8 Å². The molecule has 1 unspecified atom stereocenters. The van der Waals surface area contributed by atoms with Crippen LogP contribution in [0.15, 0.2) is 18.5 Å². The first-order valence-electron chi connectivity index (χ1n) is 5.52. The molecule has 1 rings (SSSR count). The molecular weight excluding hydrogens is 263 g/mol. The van der Waals surface area contributed by atoms with Crippen LogP contribution < -0.4 is 0 Å². The predicted molar refractivity (Wildman–Crippen MR) is 61.2 cm³/mol. The quantitative estimate of drug-likeness (QED) is 0.840. The van der Waals surface area contributed by atoms with Gasteiger partial charge in [0.15, 0.2) is 6.29 Å². The number of aliphatic hydroxyl groups is 1. The number of methoxy groups -OCH3 is 2. The number of halogens is 3. The van der Waals surface area contributed by atoms with Crippen LogP contribution in [0.2, 0.25) is 0 Å². The predicted octanol–water partition coefficient (Wildman–Crippen LogP) is 2.32. The normalized spacial score (nSPS) is 15.6. The van der Waals surface area contributed by atoms with Crippen molar-refractivity contribution in [2.24, 2.45) is 0 Å². The summed E-state index contributed by atoms with van der Waals surface area (Å²) in [5.41, 5.74) is -2.99. The van der Waals surface area contributed by atoms with Crippen LogP contribution >= 0.6 is 0 Å². The second-order valence-electron chi connectivity index (χ2n) is 4.30. The van der Waals surface area contributed by atoms with Gasteiger partial charge >= 0.3 is 6.18 Å². The molecule has 0 spiro atoms. The van der Waals surface area contributed by atoms with Crippen LogP contribution in [0.1, 0.15) is 24.5 Å². The summed E-state index contributed by atoms with van der Waals surface area (Å²) in [6.07, 6.45) is -3.47. The molecule has 0 aliphatic carbocycles. The average Bonchev–Trinajstić information content (AvgIpc) is 2.35. The molecule has 0 radical (unpaired) electrons. The van der Waals surface area contributed by atoms with E-state index in [9.17, 15) is 18.3 Å². The number of aromatic nitrogens is 1. The molecule has 1 atom stereocenters. The molecule has 7 heteroatoms. The van der Waals surface area contributed by atoms with Gasteiger partial charge in [0.25, 0.3) is 0 Å². The highest BCUT2D eigenvalue weighted by molar-refractivity contribution is 5.31. The van der Waals surface area contributed by atoms with Gasteiger partial charge in [-0.2, -0.15) is 13.2 Å². The highest BCUT2D eigenvalue weighted by Gasteiger charge is 2.39. The summed E-state index contributed by atoms with van der Waals surface area (Å²) < 4.78 is 48.4. The molecule has 0 bridgehead atoms. The minimum Gasteiger partial charge on any atom is -0.385 e. The van der Waals surface area contributed by atoms with Gasteiger partial charge in [-0.05, 0) is 13.0 Å². The molecule has 1 aromatic rings. The van der Waals surface area contributed by atoms with Crippen molar-refractivity contribution >= 4 is 0 Å². The van der Waals surface area contributed by atoms with Crippen molar-refractivity contribution in [2.45, 2.75) is 31.4 Å². The third-order valence-electron chi connectivity index (χ3n) is 2.80. The number of ether oxygens (including phenoxy) is 2. The first-order chi connectivity index (χ1) is 8.72. The highest BCUT2D eigenvalue weighted by atomic mass is 19.4. The second-order valence-corrected chi connectivity index (χ2v) is 4.30. The summed E-state index contributed by atoms with van der Waals surface area (Å²) >= 11 is 0. The van der Waals surface area contributed by atoms with Crippen LogP contribution in [0.4, 0.5) is 13.2 Å². The van der Waals surface area contributed by atoms with Gasteiger partial charge in [-0.15, -0.1) is 0 Å². The van der Waals surface area contributed by atoms with Crippen molar-refractivity contribution in [1.82, 2.24) is 4.98 Å². The van der Waals surface area contributed by atoms with E-state index in [0.29, 0.717) is 0 Å². The number of alkyl halides is 3. The lowest BCUT2D eigenvalue weighted by atomic mass is 9.89. The molecule has 0 amide bonds. The standard InChI is InChI=1S/C12H16F3NO3/c1-11(17,6-10(18-2)19-3)9-7-16-5-4-8(9)12(13,14)15/h4-5,7,10,17H,6H2,1-3H3. The maximum Gasteiger partial charge on any atom is 0.416 e. The van der Waals surface area contributed by atoms with Crippen LogP contribution in [-0.4, -0.2) is 30.6 Å². The maximum absolute atomic E-state index is 12.9. The molecule has 0 saturated heterocycles. The van der Waals surface area contributed by atoms with E-state index in [2.05, 4.69) is 4.98 Å². The van der Waals surface area contributed by atoms with Crippen molar-refractivity contribution in [1.29, 1.82) is 0 Å². The van der Waals surface area contributed by atoms with Gasteiger partial charge in [0.05, 0.1) is 11.2 Å². The van der Waals surface area contributed by atoms with Crippen molar-refractivity contribution in [3.63, 3.8) is 0 Å². The SMILES string of the molecule is COC(CC(C)(O)c1cnccc1C(F)(F)F)OC. The van der Waals surface area contributed by atoms with E-state index in [1.165, 1.54) is 21.1 Å². The monoisotopic (exact) mass is 279 g/mol. The summed E-state index contributed by atoms with van der Waals surface area (Å²) in [5.74, 6) is 0. The van der Waals surface area contributed by atoms with E-state index in [-0.39, 0.29) is 12.0 Å². The van der Waals surface area contributed by atoms with E-state index in [1.807, 2.05) is 0 Å². The highest BCUT2D eigenvalue weighted by Crippen LogP contribution is 2.38. The molecular formula is C12H16F3NO3. The molecule has 1 aromatic heterocycles. The van der Waals surface area contributed by atoms with Gasteiger partial charge in [-0.25, -0.2) is 0 Å². The molecule has 19 heavy (non-hydrogen) atoms. The van der Waals surface area contributed by atoms with Crippen molar-refractivity contribution in [2.75, 3.05) is 14.2 Å². The number of nitrogens with zero attached hydrogens (tertiary/aromatic N) is 1. The molecule has 1 heterocycles. The molecule has 1 N–H and O–H groups in total. The fraction of sp³-hybridized carbons (Fsp3) is 0.583. The molecule has 108 valence electrons. The third-order valence-corrected chi connectivity index (χ3v) is 2.80. The molecule has 4 nitrogen and oxygen atoms in total. The number of pyridine rings is 1. The fourth-order valence-electron chi connectivity index (χ4n) is 1.77. The van der Waals surface area contributed by atoms with Crippen LogP contribution in [0, 0.1) is 0 Å². The lowest BCUT2D eigenvalue weighted by molar-refractivity contribution is -0.152. The summed E-state index contributed by atoms with van der Waals surface area (Å²) in [6, 6.07) is 0.832. The summed E-state index contributed by atoms with van der Waals surface area (Å²) in [5, 5.41) is 10.3. The topological polar surface area (TPSA) is 51.6 Å². The lowest BCUT2D eigenvalue weighted by Crippen LogP contribution is -2.32. The van der Waals surface area contributed by atoms with Crippen LogP contribution in [-0.2, 0) is 21.3 Å². The van der Waals surface area contributed by atoms with Crippen LogP contribution in [0.5, 0.6) is 0 Å². The van der Waals surface area contributed by atoms with Crippen molar-refractivity contribution in [3.8, 4) is 0 Å². The maximum atomic E-state index is 12.9. The van der Waals surface area contributed by atoms with E-state index in [0.717, 1.165) is 18.5 Å². The van der Waals surface area contributed by atoms with Gasteiger partial charge in [0.1, 0.15) is 0 Å². The Morgan fingerprint density at radius 3 is 2.32 bits per heavy atom. The summed E-state index contributed by atoms with van der Waals surface area (Å²) in [4.78, 5) is 3.64. The molecule has 0 saturated carbocycles. The molecule has 0 aromatic carbocycles. The zero-order valence-electron chi connectivity index (χ0n) is 10.9.